The first-order valence-electron chi connectivity index (χ1n) is 5.85. The molecule has 2 N–H and O–H groups in total. The first kappa shape index (κ1) is 13.9. The molecule has 0 aliphatic carbocycles. The molecule has 20 heavy (non-hydrogen) atoms. The minimum Gasteiger partial charge on any atom is -0.494 e. The van der Waals surface area contributed by atoms with E-state index in [4.69, 9.17) is 15.2 Å². The van der Waals surface area contributed by atoms with E-state index in [9.17, 15) is 9.18 Å². The van der Waals surface area contributed by atoms with Gasteiger partial charge in [0.2, 0.25) is 0 Å². The van der Waals surface area contributed by atoms with Crippen LogP contribution in [0.5, 0.6) is 5.75 Å². The van der Waals surface area contributed by atoms with Gasteiger partial charge in [-0.1, -0.05) is 12.1 Å². The van der Waals surface area contributed by atoms with Crippen molar-refractivity contribution in [1.29, 1.82) is 0 Å². The summed E-state index contributed by atoms with van der Waals surface area (Å²) < 4.78 is 25.0. The fourth-order valence-electron chi connectivity index (χ4n) is 1.63. The van der Waals surface area contributed by atoms with Crippen LogP contribution in [0.1, 0.15) is 5.56 Å². The molecule has 0 fully saturated rings. The number of nitrogens with two attached hydrogens (primary N) is 1. The SMILES string of the molecule is COc1cccc(COC(=O)Cn2cc(N)cn2)c1F. The van der Waals surface area contributed by atoms with Gasteiger partial charge < -0.3 is 15.2 Å². The number of anilines is 1. The summed E-state index contributed by atoms with van der Waals surface area (Å²) in [5.41, 5.74) is 6.18. The Balaban J connectivity index is 1.93. The molecule has 0 aliphatic rings. The summed E-state index contributed by atoms with van der Waals surface area (Å²) in [4.78, 5) is 11.6. The maximum absolute atomic E-state index is 13.8. The Hall–Kier alpha value is -2.57. The van der Waals surface area contributed by atoms with Crippen molar-refractivity contribution in [3.8, 4) is 5.75 Å². The van der Waals surface area contributed by atoms with E-state index in [1.54, 1.807) is 6.07 Å². The Labute approximate surface area is 114 Å². The Morgan fingerprint density at radius 3 is 2.95 bits per heavy atom. The van der Waals surface area contributed by atoms with Crippen molar-refractivity contribution >= 4 is 11.7 Å². The molecule has 6 nitrogen and oxygen atoms in total. The molecule has 2 aromatic rings. The van der Waals surface area contributed by atoms with Gasteiger partial charge in [0.05, 0.1) is 19.0 Å². The molecule has 0 saturated heterocycles. The van der Waals surface area contributed by atoms with E-state index in [0.717, 1.165) is 0 Å². The lowest BCUT2D eigenvalue weighted by Gasteiger charge is -2.08. The number of benzene rings is 1. The molecule has 0 aliphatic heterocycles. The highest BCUT2D eigenvalue weighted by molar-refractivity contribution is 5.69. The number of carbonyl (C=O) groups is 1. The zero-order valence-corrected chi connectivity index (χ0v) is 10.9. The van der Waals surface area contributed by atoms with Crippen LogP contribution in [0.25, 0.3) is 0 Å². The van der Waals surface area contributed by atoms with Gasteiger partial charge in [0.1, 0.15) is 13.2 Å². The normalized spacial score (nSPS) is 10.3. The lowest BCUT2D eigenvalue weighted by molar-refractivity contribution is -0.145. The molecule has 0 amide bonds. The average Bonchev–Trinajstić information content (AvgIpc) is 2.83. The second-order valence-electron chi connectivity index (χ2n) is 4.07. The monoisotopic (exact) mass is 279 g/mol. The van der Waals surface area contributed by atoms with Crippen LogP contribution in [-0.4, -0.2) is 22.9 Å². The smallest absolute Gasteiger partial charge is 0.328 e. The Morgan fingerprint density at radius 2 is 2.30 bits per heavy atom. The molecule has 1 heterocycles. The number of ether oxygens (including phenoxy) is 2. The van der Waals surface area contributed by atoms with Gasteiger partial charge in [-0.2, -0.15) is 5.10 Å². The molecule has 0 unspecified atom stereocenters. The Morgan fingerprint density at radius 1 is 1.50 bits per heavy atom. The average molecular weight is 279 g/mol. The number of aromatic nitrogens is 2. The number of halogens is 1. The zero-order chi connectivity index (χ0) is 14.5. The Kier molecular flexibility index (Phi) is 4.19. The van der Waals surface area contributed by atoms with Gasteiger partial charge in [0, 0.05) is 11.8 Å². The van der Waals surface area contributed by atoms with E-state index in [2.05, 4.69) is 5.10 Å². The fraction of sp³-hybridized carbons (Fsp3) is 0.231. The minimum atomic E-state index is -0.536. The van der Waals surface area contributed by atoms with E-state index in [0.29, 0.717) is 5.69 Å². The number of nitrogen functional groups attached to an aromatic ring is 1. The number of rotatable bonds is 5. The third-order valence-corrected chi connectivity index (χ3v) is 2.60. The van der Waals surface area contributed by atoms with Crippen molar-refractivity contribution < 1.29 is 18.7 Å². The van der Waals surface area contributed by atoms with Gasteiger partial charge in [0.15, 0.2) is 11.6 Å². The van der Waals surface area contributed by atoms with Crippen LogP contribution < -0.4 is 10.5 Å². The number of methoxy groups -OCH3 is 1. The summed E-state index contributed by atoms with van der Waals surface area (Å²) in [7, 11) is 1.37. The second kappa shape index (κ2) is 6.05. The van der Waals surface area contributed by atoms with Crippen molar-refractivity contribution in [3.05, 3.63) is 42.0 Å². The Bertz CT molecular complexity index is 613. The van der Waals surface area contributed by atoms with Crippen molar-refractivity contribution in [2.24, 2.45) is 0 Å². The number of hydrogen-bond acceptors (Lipinski definition) is 5. The summed E-state index contributed by atoms with van der Waals surface area (Å²) in [5, 5.41) is 3.85. The molecule has 7 heteroatoms. The van der Waals surface area contributed by atoms with Gasteiger partial charge in [0.25, 0.3) is 0 Å². The van der Waals surface area contributed by atoms with Gasteiger partial charge in [-0.25, -0.2) is 4.39 Å². The summed E-state index contributed by atoms with van der Waals surface area (Å²) in [6.07, 6.45) is 2.93. The molecular formula is C13H14FN3O3. The molecule has 2 rings (SSSR count). The van der Waals surface area contributed by atoms with Gasteiger partial charge in [-0.05, 0) is 6.07 Å². The molecule has 0 radical (unpaired) electrons. The highest BCUT2D eigenvalue weighted by atomic mass is 19.1. The minimum absolute atomic E-state index is 0.0806. The van der Waals surface area contributed by atoms with Crippen molar-refractivity contribution in [2.45, 2.75) is 13.2 Å². The first-order chi connectivity index (χ1) is 9.60. The highest BCUT2D eigenvalue weighted by Gasteiger charge is 2.11. The van der Waals surface area contributed by atoms with Crippen LogP contribution in [0, 0.1) is 5.82 Å². The second-order valence-corrected chi connectivity index (χ2v) is 4.07. The summed E-state index contributed by atoms with van der Waals surface area (Å²) in [5.74, 6) is -0.958. The van der Waals surface area contributed by atoms with Crippen LogP contribution in [0.3, 0.4) is 0 Å². The van der Waals surface area contributed by atoms with Crippen molar-refractivity contribution in [1.82, 2.24) is 9.78 Å². The molecule has 0 spiro atoms. The molecule has 0 bridgehead atoms. The van der Waals surface area contributed by atoms with Crippen LogP contribution in [-0.2, 0) is 22.7 Å². The molecule has 106 valence electrons. The maximum Gasteiger partial charge on any atom is 0.328 e. The van der Waals surface area contributed by atoms with E-state index < -0.39 is 11.8 Å². The fourth-order valence-corrected chi connectivity index (χ4v) is 1.63. The summed E-state index contributed by atoms with van der Waals surface area (Å²) in [6.45, 7) is -0.249. The quantitative estimate of drug-likeness (QED) is 0.836. The first-order valence-corrected chi connectivity index (χ1v) is 5.85. The molecular weight excluding hydrogens is 265 g/mol. The predicted molar refractivity (Wildman–Crippen MR) is 69.4 cm³/mol. The van der Waals surface area contributed by atoms with Crippen LogP contribution in [0.2, 0.25) is 0 Å². The molecule has 1 aromatic carbocycles. The van der Waals surface area contributed by atoms with Crippen molar-refractivity contribution in [3.63, 3.8) is 0 Å². The third kappa shape index (κ3) is 3.25. The van der Waals surface area contributed by atoms with Gasteiger partial charge in [-0.3, -0.25) is 9.48 Å². The molecule has 0 saturated carbocycles. The predicted octanol–water partition coefficient (Wildman–Crippen LogP) is 1.36. The van der Waals surface area contributed by atoms with Crippen LogP contribution in [0.4, 0.5) is 10.1 Å². The number of carbonyl (C=O) groups excluding carboxylic acids is 1. The highest BCUT2D eigenvalue weighted by Crippen LogP contribution is 2.20. The lowest BCUT2D eigenvalue weighted by Crippen LogP contribution is -2.14. The molecule has 0 atom stereocenters. The third-order valence-electron chi connectivity index (χ3n) is 2.60. The van der Waals surface area contributed by atoms with E-state index >= 15 is 0 Å². The van der Waals surface area contributed by atoms with E-state index in [-0.39, 0.29) is 24.5 Å². The maximum atomic E-state index is 13.8. The number of hydrogen-bond donors (Lipinski definition) is 1. The van der Waals surface area contributed by atoms with E-state index in [1.807, 2.05) is 0 Å². The molecule has 1 aromatic heterocycles. The zero-order valence-electron chi connectivity index (χ0n) is 10.9. The topological polar surface area (TPSA) is 79.4 Å². The summed E-state index contributed by atoms with van der Waals surface area (Å²) >= 11 is 0. The van der Waals surface area contributed by atoms with Crippen LogP contribution >= 0.6 is 0 Å². The van der Waals surface area contributed by atoms with E-state index in [1.165, 1.54) is 36.3 Å². The van der Waals surface area contributed by atoms with Crippen LogP contribution in [0.15, 0.2) is 30.6 Å². The standard InChI is InChI=1S/C13H14FN3O3/c1-19-11-4-2-3-9(13(11)14)8-20-12(18)7-17-6-10(15)5-16-17/h2-6H,7-8,15H2,1H3. The number of nitrogens with zero attached hydrogens (tertiary/aromatic N) is 2. The largest absolute Gasteiger partial charge is 0.494 e. The summed E-state index contributed by atoms with van der Waals surface area (Å²) in [6, 6.07) is 4.64. The van der Waals surface area contributed by atoms with Gasteiger partial charge in [-0.15, -0.1) is 0 Å². The van der Waals surface area contributed by atoms with Crippen molar-refractivity contribution in [2.75, 3.05) is 12.8 Å². The lowest BCUT2D eigenvalue weighted by atomic mass is 10.2. The van der Waals surface area contributed by atoms with Gasteiger partial charge >= 0.3 is 5.97 Å². The number of esters is 1.